The zero-order valence-corrected chi connectivity index (χ0v) is 62.8. The fraction of sp³-hybridized carbons (Fsp3) is 0.0566. The highest BCUT2D eigenvalue weighted by Crippen LogP contribution is 2.49. The third-order valence-corrected chi connectivity index (χ3v) is 25.5. The van der Waals surface area contributed by atoms with Crippen LogP contribution in [0.25, 0.3) is 210 Å². The van der Waals surface area contributed by atoms with Crippen molar-refractivity contribution >= 4 is 143 Å². The Morgan fingerprint density at radius 3 is 1.31 bits per heavy atom. The van der Waals surface area contributed by atoms with E-state index in [9.17, 15) is 0 Å². The summed E-state index contributed by atoms with van der Waals surface area (Å²) in [5.74, 6) is 0.903. The van der Waals surface area contributed by atoms with Crippen LogP contribution in [-0.2, 0) is 23.8 Å². The first-order chi connectivity index (χ1) is 56.7. The number of nitrogens with zero attached hydrogens (tertiary/aromatic N) is 5. The van der Waals surface area contributed by atoms with Crippen molar-refractivity contribution in [3.8, 4) is 67.3 Å². The van der Waals surface area contributed by atoms with E-state index in [1.165, 1.54) is 104 Å². The lowest BCUT2D eigenvalue weighted by Crippen LogP contribution is -2.32. The molecule has 2 unspecified atom stereocenters. The second-order valence-corrected chi connectivity index (χ2v) is 32.1. The second kappa shape index (κ2) is 23.9. The zero-order chi connectivity index (χ0) is 75.5. The van der Waals surface area contributed by atoms with Crippen LogP contribution in [0.2, 0.25) is 0 Å². The van der Waals surface area contributed by atoms with Crippen molar-refractivity contribution in [2.75, 3.05) is 0 Å². The summed E-state index contributed by atoms with van der Waals surface area (Å²) in [6.07, 6.45) is 18.1. The molecule has 0 aliphatic heterocycles. The van der Waals surface area contributed by atoms with Gasteiger partial charge in [0, 0.05) is 133 Å². The van der Waals surface area contributed by atoms with Crippen molar-refractivity contribution in [3.63, 3.8) is 0 Å². The lowest BCUT2D eigenvalue weighted by molar-refractivity contribution is 0.425. The number of rotatable bonds is 10. The Labute approximate surface area is 659 Å². The molecule has 9 heterocycles. The largest absolute Gasteiger partial charge is 0.472 e. The summed E-state index contributed by atoms with van der Waals surface area (Å²) in [5.41, 5.74) is 30.6. The first-order valence-corrected chi connectivity index (χ1v) is 39.6. The number of allylic oxidation sites excluding steroid dienone is 2. The molecule has 2 aliphatic carbocycles. The van der Waals surface area contributed by atoms with Crippen LogP contribution in [0.3, 0.4) is 0 Å². The van der Waals surface area contributed by atoms with Gasteiger partial charge in [-0.05, 0) is 246 Å². The van der Waals surface area contributed by atoms with Crippen LogP contribution >= 0.6 is 0 Å². The highest BCUT2D eigenvalue weighted by atomic mass is 16.3. The number of hydrogen-bond acceptors (Lipinski definition) is 4. The number of benzene rings is 14. The second-order valence-electron chi connectivity index (χ2n) is 32.1. The van der Waals surface area contributed by atoms with E-state index in [2.05, 4.69) is 358 Å². The van der Waals surface area contributed by atoms with Crippen molar-refractivity contribution in [3.05, 3.63) is 375 Å². The number of furan rings is 4. The van der Waals surface area contributed by atoms with E-state index in [1.54, 1.807) is 12.5 Å². The van der Waals surface area contributed by atoms with E-state index in [0.717, 1.165) is 135 Å². The van der Waals surface area contributed by atoms with Gasteiger partial charge in [0.15, 0.2) is 0 Å². The van der Waals surface area contributed by atoms with Gasteiger partial charge in [0.2, 0.25) is 0 Å². The minimum atomic E-state index is -0.411. The molecule has 14 aromatic carbocycles. The molecule has 25 rings (SSSR count). The molecule has 23 aromatic rings. The van der Waals surface area contributed by atoms with Gasteiger partial charge in [0.25, 0.3) is 0 Å². The molecule has 0 bridgehead atoms. The Morgan fingerprint density at radius 1 is 0.270 bits per heavy atom. The molecule has 9 aromatic heterocycles. The monoisotopic (exact) mass is 1480 g/mol. The third kappa shape index (κ3) is 9.43. The van der Waals surface area contributed by atoms with Crippen LogP contribution in [0.5, 0.6) is 0 Å². The molecule has 0 amide bonds. The normalized spacial score (nSPS) is 15.7. The molecule has 9 heteroatoms. The summed E-state index contributed by atoms with van der Waals surface area (Å²) >= 11 is 0. The summed E-state index contributed by atoms with van der Waals surface area (Å²) in [5, 5.41) is 14.2. The fourth-order valence-corrected chi connectivity index (χ4v) is 20.0. The van der Waals surface area contributed by atoms with Gasteiger partial charge < -0.3 is 40.5 Å². The molecule has 115 heavy (non-hydrogen) atoms. The van der Waals surface area contributed by atoms with Crippen molar-refractivity contribution in [1.82, 2.24) is 22.8 Å². The third-order valence-electron chi connectivity index (χ3n) is 25.5. The van der Waals surface area contributed by atoms with Crippen LogP contribution in [0.4, 0.5) is 0 Å². The van der Waals surface area contributed by atoms with E-state index < -0.39 is 5.54 Å². The van der Waals surface area contributed by atoms with Crippen molar-refractivity contribution in [2.45, 2.75) is 37.6 Å². The first kappa shape index (κ1) is 63.9. The summed E-state index contributed by atoms with van der Waals surface area (Å²) in [7, 11) is 0. The van der Waals surface area contributed by atoms with Gasteiger partial charge in [0.05, 0.1) is 69.2 Å². The molecule has 542 valence electrons. The van der Waals surface area contributed by atoms with Crippen LogP contribution in [0.1, 0.15) is 42.0 Å². The highest BCUT2D eigenvalue weighted by Gasteiger charge is 2.36. The van der Waals surface area contributed by atoms with Crippen LogP contribution < -0.4 is 0 Å². The van der Waals surface area contributed by atoms with Crippen LogP contribution in [-0.4, -0.2) is 22.8 Å². The first-order valence-electron chi connectivity index (χ1n) is 39.6. The molecular formula is C106H69N5O4. The average Bonchev–Trinajstić information content (AvgIpc) is 1.58. The molecule has 0 fully saturated rings. The Bertz CT molecular complexity index is 8120. The van der Waals surface area contributed by atoms with Crippen molar-refractivity contribution in [2.24, 2.45) is 0 Å². The smallest absolute Gasteiger partial charge is 0.136 e. The average molecular weight is 1480 g/mol. The van der Waals surface area contributed by atoms with Gasteiger partial charge in [-0.25, -0.2) is 0 Å². The maximum absolute atomic E-state index is 6.97. The van der Waals surface area contributed by atoms with Gasteiger partial charge in [0.1, 0.15) is 22.5 Å². The minimum absolute atomic E-state index is 0.332. The zero-order valence-electron chi connectivity index (χ0n) is 62.8. The van der Waals surface area contributed by atoms with Crippen molar-refractivity contribution < 1.29 is 17.7 Å². The lowest BCUT2D eigenvalue weighted by atomic mass is 9.73. The molecule has 9 nitrogen and oxygen atoms in total. The predicted molar refractivity (Wildman–Crippen MR) is 472 cm³/mol. The Hall–Kier alpha value is -14.8. The molecule has 2 aliphatic rings. The molecule has 0 spiro atoms. The number of para-hydroxylation sites is 5. The van der Waals surface area contributed by atoms with Gasteiger partial charge in [-0.2, -0.15) is 0 Å². The Kier molecular flexibility index (Phi) is 13.3. The molecule has 0 saturated carbocycles. The van der Waals surface area contributed by atoms with Crippen LogP contribution in [0, 0.1) is 0 Å². The molecule has 0 radical (unpaired) electrons. The lowest BCUT2D eigenvalue weighted by Gasteiger charge is -2.32. The van der Waals surface area contributed by atoms with Crippen molar-refractivity contribution in [1.29, 1.82) is 0 Å². The highest BCUT2D eigenvalue weighted by molar-refractivity contribution is 6.16. The Balaban J connectivity index is 0.595. The SMILES string of the molecule is CC1(c2ccc3c(c2)c2ccccc2n3-c2ccccc2)C=Cc2c(c3cc(-c4ccc5c(c4)c4ccccc4n5-c4ccccc4)ccc3n2-c2ccc3oc4cc(-c5ccc6c(c5)c5cc(-c7ccoc7)ccc5n6-c5ccc6oc7c(c6c5)CC(C)(n5c6ccccc6c6cc(-c8ccoc8)ccc65)C=C7)ccc4c3c2)C1. The number of hydrogen-bond donors (Lipinski definition) is 0. The van der Waals surface area contributed by atoms with Gasteiger partial charge in [-0.3, -0.25) is 0 Å². The molecule has 2 atom stereocenters. The van der Waals surface area contributed by atoms with Gasteiger partial charge in [-0.1, -0.05) is 153 Å². The quantitative estimate of drug-likeness (QED) is 0.137. The summed E-state index contributed by atoms with van der Waals surface area (Å²) in [4.78, 5) is 0. The predicted octanol–water partition coefficient (Wildman–Crippen LogP) is 28.0. The Morgan fingerprint density at radius 2 is 0.713 bits per heavy atom. The number of fused-ring (bicyclic) bond motifs is 21. The van der Waals surface area contributed by atoms with E-state index >= 15 is 0 Å². The van der Waals surface area contributed by atoms with Crippen LogP contribution in [0.15, 0.2) is 364 Å². The van der Waals surface area contributed by atoms with Gasteiger partial charge in [-0.15, -0.1) is 0 Å². The summed E-state index contributed by atoms with van der Waals surface area (Å²) < 4.78 is 37.2. The minimum Gasteiger partial charge on any atom is -0.472 e. The standard InChI is InChI=1S/C106H69N5O4/c1-105(72-31-40-97-86(57-72)78-20-10-13-23-92(78)108(97)74-17-7-4-8-18-74)47-43-98-89(60-105)85-53-65(64-26-35-93-81(51-64)77-19-9-12-22-91(77)107(93)73-15-5-3-6-16-73)27-37-96(85)110(98)75-32-41-101-87(58-75)80-34-25-69(56-104(80)115-101)66-28-36-94-83(52-66)84-55-67(70-45-49-112-62-70)29-38-95(84)109(94)76-33-42-102-88(59-76)90-61-106(2,48-44-103(90)114-102)111-99-24-14-11-21-79(99)82-54-68(30-39-100(82)111)71-46-50-113-63-71/h3-59,62-63H,60-61H2,1-2H3. The van der Waals surface area contributed by atoms with E-state index in [1.807, 2.05) is 24.7 Å². The summed E-state index contributed by atoms with van der Waals surface area (Å²) in [6, 6.07) is 114. The molecule has 0 saturated heterocycles. The van der Waals surface area contributed by atoms with E-state index in [-0.39, 0.29) is 5.41 Å². The van der Waals surface area contributed by atoms with E-state index in [4.69, 9.17) is 17.7 Å². The van der Waals surface area contributed by atoms with E-state index in [0.29, 0.717) is 0 Å². The molecule has 0 N–H and O–H groups in total. The number of aromatic nitrogens is 5. The molecular weight excluding hydrogens is 1410 g/mol. The topological polar surface area (TPSA) is 77.2 Å². The van der Waals surface area contributed by atoms with Gasteiger partial charge >= 0.3 is 0 Å². The maximum Gasteiger partial charge on any atom is 0.136 e. The summed E-state index contributed by atoms with van der Waals surface area (Å²) in [6.45, 7) is 4.78. The fourth-order valence-electron chi connectivity index (χ4n) is 20.0. The maximum atomic E-state index is 6.97.